The average molecular weight is 406 g/mol. The van der Waals surface area contributed by atoms with E-state index in [1.165, 1.54) is 11.3 Å². The molecule has 6 rings (SSSR count). The van der Waals surface area contributed by atoms with Crippen LogP contribution in [-0.4, -0.2) is 29.8 Å². The number of fused-ring (bicyclic) bond motifs is 2. The SMILES string of the molecule is c1ccc(-c2cc(-c3nn4c(-c5cccnc5)nnc4s3)c3ccccc3n2)cc1. The van der Waals surface area contributed by atoms with Crippen LogP contribution in [0.1, 0.15) is 0 Å². The van der Waals surface area contributed by atoms with Crippen LogP contribution in [0.4, 0.5) is 0 Å². The van der Waals surface area contributed by atoms with E-state index in [0.29, 0.717) is 5.82 Å². The van der Waals surface area contributed by atoms with Crippen LogP contribution in [0.15, 0.2) is 85.2 Å². The van der Waals surface area contributed by atoms with Gasteiger partial charge in [-0.25, -0.2) is 4.98 Å². The molecule has 6 aromatic rings. The summed E-state index contributed by atoms with van der Waals surface area (Å²) in [5.74, 6) is 0.683. The van der Waals surface area contributed by atoms with Crippen LogP contribution in [0.2, 0.25) is 0 Å². The summed E-state index contributed by atoms with van der Waals surface area (Å²) in [5.41, 5.74) is 4.84. The molecule has 7 heteroatoms. The molecule has 0 unspecified atom stereocenters. The number of hydrogen-bond acceptors (Lipinski definition) is 6. The number of benzene rings is 2. The predicted molar refractivity (Wildman–Crippen MR) is 118 cm³/mol. The van der Waals surface area contributed by atoms with Crippen LogP contribution < -0.4 is 0 Å². The van der Waals surface area contributed by atoms with Crippen molar-refractivity contribution in [2.45, 2.75) is 0 Å². The average Bonchev–Trinajstić information content (AvgIpc) is 3.40. The van der Waals surface area contributed by atoms with Crippen LogP contribution in [-0.2, 0) is 0 Å². The third-order valence-corrected chi connectivity index (χ3v) is 5.86. The zero-order valence-corrected chi connectivity index (χ0v) is 16.5. The second-order valence-corrected chi connectivity index (χ2v) is 7.76. The molecule has 0 saturated heterocycles. The molecule has 4 heterocycles. The normalized spacial score (nSPS) is 11.3. The summed E-state index contributed by atoms with van der Waals surface area (Å²) in [6.07, 6.45) is 3.51. The highest BCUT2D eigenvalue weighted by Crippen LogP contribution is 2.35. The molecule has 0 fully saturated rings. The van der Waals surface area contributed by atoms with E-state index in [2.05, 4.69) is 39.4 Å². The van der Waals surface area contributed by atoms with Crippen molar-refractivity contribution in [1.82, 2.24) is 29.8 Å². The first-order valence-corrected chi connectivity index (χ1v) is 10.3. The fraction of sp³-hybridized carbons (Fsp3) is 0. The summed E-state index contributed by atoms with van der Waals surface area (Å²) in [7, 11) is 0. The molecule has 6 nitrogen and oxygen atoms in total. The number of nitrogens with zero attached hydrogens (tertiary/aromatic N) is 6. The Balaban J connectivity index is 1.58. The lowest BCUT2D eigenvalue weighted by Gasteiger charge is -2.08. The fourth-order valence-corrected chi connectivity index (χ4v) is 4.38. The second-order valence-electron chi connectivity index (χ2n) is 6.81. The van der Waals surface area contributed by atoms with Crippen molar-refractivity contribution < 1.29 is 0 Å². The number of hydrogen-bond donors (Lipinski definition) is 0. The van der Waals surface area contributed by atoms with Crippen LogP contribution in [0, 0.1) is 0 Å². The van der Waals surface area contributed by atoms with Gasteiger partial charge < -0.3 is 0 Å². The highest BCUT2D eigenvalue weighted by molar-refractivity contribution is 7.20. The molecule has 0 atom stereocenters. The topological polar surface area (TPSA) is 68.9 Å². The molecule has 0 N–H and O–H groups in total. The van der Waals surface area contributed by atoms with Crippen molar-refractivity contribution in [3.05, 3.63) is 85.2 Å². The Bertz CT molecular complexity index is 1490. The van der Waals surface area contributed by atoms with Crippen molar-refractivity contribution in [1.29, 1.82) is 0 Å². The fourth-order valence-electron chi connectivity index (χ4n) is 3.51. The number of aromatic nitrogens is 6. The molecular formula is C23H14N6S. The molecular weight excluding hydrogens is 392 g/mol. The van der Waals surface area contributed by atoms with E-state index in [-0.39, 0.29) is 0 Å². The maximum absolute atomic E-state index is 4.87. The molecule has 4 aromatic heterocycles. The van der Waals surface area contributed by atoms with Gasteiger partial charge in [0.2, 0.25) is 4.96 Å². The number of para-hydroxylation sites is 1. The maximum atomic E-state index is 4.87. The van der Waals surface area contributed by atoms with E-state index < -0.39 is 0 Å². The monoisotopic (exact) mass is 406 g/mol. The van der Waals surface area contributed by atoms with Crippen molar-refractivity contribution >= 4 is 27.2 Å². The molecule has 142 valence electrons. The van der Waals surface area contributed by atoms with Crippen molar-refractivity contribution in [3.8, 4) is 33.2 Å². The lowest BCUT2D eigenvalue weighted by Crippen LogP contribution is -1.93. The van der Waals surface area contributed by atoms with Gasteiger partial charge in [0, 0.05) is 34.5 Å². The highest BCUT2D eigenvalue weighted by Gasteiger charge is 2.17. The van der Waals surface area contributed by atoms with Gasteiger partial charge in [-0.2, -0.15) is 9.61 Å². The first-order chi connectivity index (χ1) is 14.9. The van der Waals surface area contributed by atoms with Crippen LogP contribution >= 0.6 is 11.3 Å². The zero-order chi connectivity index (χ0) is 19.9. The third-order valence-electron chi connectivity index (χ3n) is 4.93. The van der Waals surface area contributed by atoms with E-state index in [1.54, 1.807) is 16.9 Å². The van der Waals surface area contributed by atoms with Gasteiger partial charge in [-0.05, 0) is 24.3 Å². The van der Waals surface area contributed by atoms with E-state index in [0.717, 1.165) is 43.3 Å². The van der Waals surface area contributed by atoms with E-state index >= 15 is 0 Å². The predicted octanol–water partition coefficient (Wildman–Crippen LogP) is 5.13. The summed E-state index contributed by atoms with van der Waals surface area (Å²) in [6, 6.07) is 24.3. The molecule has 0 bridgehead atoms. The molecule has 0 aliphatic carbocycles. The lowest BCUT2D eigenvalue weighted by molar-refractivity contribution is 0.969. The molecule has 0 radical (unpaired) electrons. The third kappa shape index (κ3) is 2.75. The Morgan fingerprint density at radius 2 is 1.63 bits per heavy atom. The van der Waals surface area contributed by atoms with E-state index in [4.69, 9.17) is 10.1 Å². The number of rotatable bonds is 3. The van der Waals surface area contributed by atoms with Gasteiger partial charge in [-0.1, -0.05) is 59.9 Å². The van der Waals surface area contributed by atoms with Gasteiger partial charge >= 0.3 is 0 Å². The van der Waals surface area contributed by atoms with Crippen LogP contribution in [0.3, 0.4) is 0 Å². The standard InChI is InChI=1S/C23H14N6S/c1-2-7-15(8-3-1)20-13-18(17-10-4-5-11-19(17)25-20)22-28-29-21(26-27-23(29)30-22)16-9-6-12-24-14-16/h1-14H. The molecule has 0 saturated carbocycles. The first-order valence-electron chi connectivity index (χ1n) is 9.45. The lowest BCUT2D eigenvalue weighted by atomic mass is 10.0. The number of pyridine rings is 2. The minimum Gasteiger partial charge on any atom is -0.264 e. The van der Waals surface area contributed by atoms with Crippen molar-refractivity contribution in [2.24, 2.45) is 0 Å². The molecule has 0 aliphatic rings. The molecule has 30 heavy (non-hydrogen) atoms. The highest BCUT2D eigenvalue weighted by atomic mass is 32.1. The van der Waals surface area contributed by atoms with Crippen molar-refractivity contribution in [2.75, 3.05) is 0 Å². The molecule has 2 aromatic carbocycles. The van der Waals surface area contributed by atoms with Gasteiger partial charge in [0.25, 0.3) is 0 Å². The summed E-state index contributed by atoms with van der Waals surface area (Å²) >= 11 is 1.51. The summed E-state index contributed by atoms with van der Waals surface area (Å²) in [5, 5.41) is 15.4. The Morgan fingerprint density at radius 1 is 0.800 bits per heavy atom. The molecule has 0 aliphatic heterocycles. The largest absolute Gasteiger partial charge is 0.264 e. The van der Waals surface area contributed by atoms with Gasteiger partial charge in [0.1, 0.15) is 5.01 Å². The molecule has 0 spiro atoms. The van der Waals surface area contributed by atoms with Gasteiger partial charge in [-0.15, -0.1) is 10.2 Å². The Morgan fingerprint density at radius 3 is 2.50 bits per heavy atom. The smallest absolute Gasteiger partial charge is 0.235 e. The van der Waals surface area contributed by atoms with Gasteiger partial charge in [0.05, 0.1) is 11.2 Å². The second kappa shape index (κ2) is 6.82. The minimum absolute atomic E-state index is 0.683. The van der Waals surface area contributed by atoms with Gasteiger partial charge in [-0.3, -0.25) is 4.98 Å². The Hall–Kier alpha value is -3.97. The molecule has 0 amide bonds. The quantitative estimate of drug-likeness (QED) is 0.407. The summed E-state index contributed by atoms with van der Waals surface area (Å²) < 4.78 is 1.79. The zero-order valence-electron chi connectivity index (χ0n) is 15.7. The minimum atomic E-state index is 0.683. The van der Waals surface area contributed by atoms with E-state index in [1.807, 2.05) is 48.5 Å². The van der Waals surface area contributed by atoms with Crippen molar-refractivity contribution in [3.63, 3.8) is 0 Å². The first kappa shape index (κ1) is 16.9. The van der Waals surface area contributed by atoms with Crippen LogP contribution in [0.25, 0.3) is 49.1 Å². The van der Waals surface area contributed by atoms with E-state index in [9.17, 15) is 0 Å². The van der Waals surface area contributed by atoms with Crippen LogP contribution in [0.5, 0.6) is 0 Å². The van der Waals surface area contributed by atoms with Gasteiger partial charge in [0.15, 0.2) is 5.82 Å². The summed E-state index contributed by atoms with van der Waals surface area (Å²) in [6.45, 7) is 0. The summed E-state index contributed by atoms with van der Waals surface area (Å²) in [4.78, 5) is 9.80. The Kier molecular flexibility index (Phi) is 3.85. The Labute approximate surface area is 175 Å². The maximum Gasteiger partial charge on any atom is 0.235 e.